The summed E-state index contributed by atoms with van der Waals surface area (Å²) in [7, 11) is 0. The molecule has 0 saturated heterocycles. The standard InChI is InChI=1S/C17H23F3N2O4/c1-4-26-14(24)13-10(2)22(12-8-6-5-7-9-12)15(25)16(13,17(18,19)20)21-11(3)23/h12H,4-9H2,1-3H3,(H,21,23). The number of rotatable bonds is 4. The maximum Gasteiger partial charge on any atom is 0.425 e. The van der Waals surface area contributed by atoms with Crippen LogP contribution in [0.3, 0.4) is 0 Å². The molecule has 6 nitrogen and oxygen atoms in total. The van der Waals surface area contributed by atoms with Gasteiger partial charge in [-0.1, -0.05) is 19.3 Å². The van der Waals surface area contributed by atoms with Gasteiger partial charge in [0.25, 0.3) is 5.91 Å². The first kappa shape index (κ1) is 20.3. The molecule has 1 saturated carbocycles. The molecule has 1 heterocycles. The third-order valence-electron chi connectivity index (χ3n) is 4.85. The molecule has 1 unspecified atom stereocenters. The maximum absolute atomic E-state index is 14.1. The summed E-state index contributed by atoms with van der Waals surface area (Å²) in [6, 6.07) is -0.432. The highest BCUT2D eigenvalue weighted by Gasteiger charge is 2.71. The predicted octanol–water partition coefficient (Wildman–Crippen LogP) is 2.44. The fourth-order valence-electron chi connectivity index (χ4n) is 3.83. The van der Waals surface area contributed by atoms with Crippen LogP contribution in [0.2, 0.25) is 0 Å². The van der Waals surface area contributed by atoms with Gasteiger partial charge in [0.1, 0.15) is 5.57 Å². The lowest BCUT2D eigenvalue weighted by Gasteiger charge is -2.36. The average Bonchev–Trinajstić information content (AvgIpc) is 2.75. The molecule has 26 heavy (non-hydrogen) atoms. The van der Waals surface area contributed by atoms with E-state index in [4.69, 9.17) is 4.74 Å². The van der Waals surface area contributed by atoms with Crippen molar-refractivity contribution < 1.29 is 32.3 Å². The normalized spacial score (nSPS) is 24.8. The van der Waals surface area contributed by atoms with Crippen LogP contribution in [0.4, 0.5) is 13.2 Å². The Bertz CT molecular complexity index is 638. The van der Waals surface area contributed by atoms with E-state index in [0.29, 0.717) is 12.8 Å². The Balaban J connectivity index is 2.65. The molecule has 0 radical (unpaired) electrons. The Hall–Kier alpha value is -2.06. The lowest BCUT2D eigenvalue weighted by molar-refractivity contribution is -0.196. The van der Waals surface area contributed by atoms with Crippen LogP contribution in [-0.2, 0) is 19.1 Å². The Kier molecular flexibility index (Phi) is 5.67. The van der Waals surface area contributed by atoms with Crippen LogP contribution in [0.15, 0.2) is 11.3 Å². The van der Waals surface area contributed by atoms with E-state index in [1.807, 2.05) is 0 Å². The summed E-state index contributed by atoms with van der Waals surface area (Å²) in [6.07, 6.45) is -1.57. The van der Waals surface area contributed by atoms with Crippen LogP contribution in [-0.4, -0.2) is 47.0 Å². The fourth-order valence-corrected chi connectivity index (χ4v) is 3.83. The van der Waals surface area contributed by atoms with E-state index >= 15 is 0 Å². The van der Waals surface area contributed by atoms with E-state index in [1.165, 1.54) is 13.8 Å². The number of nitrogens with zero attached hydrogens (tertiary/aromatic N) is 1. The smallest absolute Gasteiger partial charge is 0.425 e. The van der Waals surface area contributed by atoms with Gasteiger partial charge in [0, 0.05) is 18.7 Å². The van der Waals surface area contributed by atoms with Crippen molar-refractivity contribution in [3.8, 4) is 0 Å². The van der Waals surface area contributed by atoms with Crippen LogP contribution < -0.4 is 5.32 Å². The highest BCUT2D eigenvalue weighted by atomic mass is 19.4. The lowest BCUT2D eigenvalue weighted by Crippen LogP contribution is -2.66. The van der Waals surface area contributed by atoms with Crippen LogP contribution in [0.5, 0.6) is 0 Å². The Morgan fingerprint density at radius 1 is 1.27 bits per heavy atom. The third kappa shape index (κ3) is 3.19. The minimum Gasteiger partial charge on any atom is -0.462 e. The number of halogens is 3. The van der Waals surface area contributed by atoms with Crippen molar-refractivity contribution in [2.75, 3.05) is 6.61 Å². The van der Waals surface area contributed by atoms with E-state index in [0.717, 1.165) is 31.1 Å². The van der Waals surface area contributed by atoms with Gasteiger partial charge in [0.2, 0.25) is 11.4 Å². The van der Waals surface area contributed by atoms with Gasteiger partial charge in [-0.05, 0) is 26.7 Å². The molecular formula is C17H23F3N2O4. The highest BCUT2D eigenvalue weighted by Crippen LogP contribution is 2.47. The number of alkyl halides is 3. The number of carbonyl (C=O) groups excluding carboxylic acids is 3. The monoisotopic (exact) mass is 376 g/mol. The number of carbonyl (C=O) groups is 3. The summed E-state index contributed by atoms with van der Waals surface area (Å²) in [6.45, 7) is 3.48. The van der Waals surface area contributed by atoms with Crippen LogP contribution in [0.25, 0.3) is 0 Å². The van der Waals surface area contributed by atoms with Gasteiger partial charge in [0.05, 0.1) is 6.61 Å². The van der Waals surface area contributed by atoms with E-state index in [9.17, 15) is 27.6 Å². The summed E-state index contributed by atoms with van der Waals surface area (Å²) < 4.78 is 47.0. The largest absolute Gasteiger partial charge is 0.462 e. The first-order valence-electron chi connectivity index (χ1n) is 8.65. The Labute approximate surface area is 149 Å². The second kappa shape index (κ2) is 7.28. The molecular weight excluding hydrogens is 353 g/mol. The molecule has 2 amide bonds. The molecule has 1 aliphatic carbocycles. The van der Waals surface area contributed by atoms with Crippen molar-refractivity contribution in [1.82, 2.24) is 10.2 Å². The van der Waals surface area contributed by atoms with E-state index in [2.05, 4.69) is 0 Å². The van der Waals surface area contributed by atoms with Crippen molar-refractivity contribution in [2.45, 2.75) is 70.6 Å². The lowest BCUT2D eigenvalue weighted by atomic mass is 9.88. The zero-order chi connectivity index (χ0) is 19.7. The van der Waals surface area contributed by atoms with Crippen molar-refractivity contribution in [2.24, 2.45) is 0 Å². The minimum absolute atomic E-state index is 0.105. The number of esters is 1. The first-order chi connectivity index (χ1) is 12.1. The molecule has 1 atom stereocenters. The van der Waals surface area contributed by atoms with Crippen molar-refractivity contribution in [3.05, 3.63) is 11.3 Å². The zero-order valence-electron chi connectivity index (χ0n) is 15.0. The number of amides is 2. The maximum atomic E-state index is 14.1. The van der Waals surface area contributed by atoms with Crippen LogP contribution in [0, 0.1) is 0 Å². The number of hydrogen-bond donors (Lipinski definition) is 1. The molecule has 1 fully saturated rings. The quantitative estimate of drug-likeness (QED) is 0.765. The molecule has 0 bridgehead atoms. The molecule has 0 aromatic heterocycles. The van der Waals surface area contributed by atoms with Gasteiger partial charge >= 0.3 is 12.1 Å². The Morgan fingerprint density at radius 2 is 1.85 bits per heavy atom. The second-order valence-electron chi connectivity index (χ2n) is 6.58. The summed E-state index contributed by atoms with van der Waals surface area (Å²) in [4.78, 5) is 37.9. The third-order valence-corrected chi connectivity index (χ3v) is 4.85. The van der Waals surface area contributed by atoms with Gasteiger partial charge in [-0.3, -0.25) is 9.59 Å². The van der Waals surface area contributed by atoms with Gasteiger partial charge in [0.15, 0.2) is 0 Å². The number of hydrogen-bond acceptors (Lipinski definition) is 4. The molecule has 2 aliphatic rings. The second-order valence-corrected chi connectivity index (χ2v) is 6.58. The molecule has 146 valence electrons. The summed E-state index contributed by atoms with van der Waals surface area (Å²) in [5.74, 6) is -3.65. The van der Waals surface area contributed by atoms with Gasteiger partial charge in [-0.2, -0.15) is 13.2 Å². The molecule has 0 aromatic carbocycles. The number of ether oxygens (including phenoxy) is 1. The molecule has 1 N–H and O–H groups in total. The number of nitrogens with one attached hydrogen (secondary N) is 1. The van der Waals surface area contributed by atoms with E-state index in [-0.39, 0.29) is 12.3 Å². The first-order valence-corrected chi connectivity index (χ1v) is 8.65. The van der Waals surface area contributed by atoms with Crippen LogP contribution >= 0.6 is 0 Å². The summed E-state index contributed by atoms with van der Waals surface area (Å²) in [5, 5.41) is 1.72. The summed E-state index contributed by atoms with van der Waals surface area (Å²) >= 11 is 0. The molecule has 1 aliphatic heterocycles. The molecule has 9 heteroatoms. The van der Waals surface area contributed by atoms with Crippen LogP contribution in [0.1, 0.15) is 52.9 Å². The topological polar surface area (TPSA) is 75.7 Å². The average molecular weight is 376 g/mol. The molecule has 0 aromatic rings. The van der Waals surface area contributed by atoms with Gasteiger partial charge < -0.3 is 15.0 Å². The van der Waals surface area contributed by atoms with Gasteiger partial charge in [-0.25, -0.2) is 4.79 Å². The van der Waals surface area contributed by atoms with E-state index < -0.39 is 41.1 Å². The highest BCUT2D eigenvalue weighted by molar-refractivity contribution is 6.10. The minimum atomic E-state index is -5.19. The predicted molar refractivity (Wildman–Crippen MR) is 85.7 cm³/mol. The van der Waals surface area contributed by atoms with Crippen molar-refractivity contribution in [1.29, 1.82) is 0 Å². The SMILES string of the molecule is CCOC(=O)C1=C(C)N(C2CCCCC2)C(=O)C1(NC(C)=O)C(F)(F)F. The van der Waals surface area contributed by atoms with E-state index in [1.54, 1.807) is 5.32 Å². The molecule has 0 spiro atoms. The number of allylic oxidation sites excluding steroid dienone is 1. The van der Waals surface area contributed by atoms with Crippen molar-refractivity contribution >= 4 is 17.8 Å². The zero-order valence-corrected chi connectivity index (χ0v) is 15.0. The Morgan fingerprint density at radius 3 is 2.31 bits per heavy atom. The summed E-state index contributed by atoms with van der Waals surface area (Å²) in [5.41, 5.74) is -4.36. The van der Waals surface area contributed by atoms with Crippen molar-refractivity contribution in [3.63, 3.8) is 0 Å². The molecule has 2 rings (SSSR count). The fraction of sp³-hybridized carbons (Fsp3) is 0.706. The van der Waals surface area contributed by atoms with Gasteiger partial charge in [-0.15, -0.1) is 0 Å².